The summed E-state index contributed by atoms with van der Waals surface area (Å²) in [6.45, 7) is 0. The highest BCUT2D eigenvalue weighted by Crippen LogP contribution is 2.30. The largest absolute Gasteiger partial charge is 0.495 e. The van der Waals surface area contributed by atoms with Crippen LogP contribution in [0.5, 0.6) is 11.5 Å². The van der Waals surface area contributed by atoms with Crippen LogP contribution in [-0.4, -0.2) is 25.0 Å². The van der Waals surface area contributed by atoms with E-state index in [4.69, 9.17) is 9.47 Å². The van der Waals surface area contributed by atoms with E-state index in [2.05, 4.69) is 10.6 Å². The van der Waals surface area contributed by atoms with Crippen LogP contribution in [0.4, 0.5) is 11.4 Å². The predicted molar refractivity (Wildman–Crippen MR) is 81.1 cm³/mol. The number of anilines is 2. The number of amides is 2. The zero-order valence-corrected chi connectivity index (χ0v) is 11.8. The summed E-state index contributed by atoms with van der Waals surface area (Å²) in [7, 11) is 1.51. The number of ether oxygens (including phenoxy) is 2. The van der Waals surface area contributed by atoms with E-state index >= 15 is 0 Å². The van der Waals surface area contributed by atoms with E-state index in [1.165, 1.54) is 7.11 Å². The first-order valence-corrected chi connectivity index (χ1v) is 6.69. The molecule has 112 valence electrons. The van der Waals surface area contributed by atoms with Crippen molar-refractivity contribution in [1.82, 2.24) is 0 Å². The molecule has 0 saturated carbocycles. The number of benzene rings is 2. The van der Waals surface area contributed by atoms with Crippen LogP contribution < -0.4 is 20.1 Å². The molecule has 1 aliphatic rings. The molecule has 2 aromatic rings. The standard InChI is InChI=1S/C16H14N2O4/c1-21-12-8-4-2-6-10(12)17-15(19)14-16(20)18-11-7-3-5-9-13(11)22-14/h2-9,14H,1H3,(H,17,19)(H,18,20). The van der Waals surface area contributed by atoms with Crippen LogP contribution in [0, 0.1) is 0 Å². The molecule has 0 aliphatic carbocycles. The molecule has 22 heavy (non-hydrogen) atoms. The first kappa shape index (κ1) is 13.9. The van der Waals surface area contributed by atoms with Gasteiger partial charge in [0, 0.05) is 0 Å². The van der Waals surface area contributed by atoms with Crippen molar-refractivity contribution in [3.8, 4) is 11.5 Å². The summed E-state index contributed by atoms with van der Waals surface area (Å²) < 4.78 is 10.6. The second-order valence-electron chi connectivity index (χ2n) is 4.67. The Morgan fingerprint density at radius 2 is 1.91 bits per heavy atom. The highest BCUT2D eigenvalue weighted by molar-refractivity contribution is 6.15. The maximum atomic E-state index is 12.3. The van der Waals surface area contributed by atoms with Crippen molar-refractivity contribution in [3.05, 3.63) is 48.5 Å². The second-order valence-corrected chi connectivity index (χ2v) is 4.67. The van der Waals surface area contributed by atoms with Crippen LogP contribution in [-0.2, 0) is 9.59 Å². The zero-order chi connectivity index (χ0) is 15.5. The van der Waals surface area contributed by atoms with Gasteiger partial charge in [0.05, 0.1) is 18.5 Å². The van der Waals surface area contributed by atoms with Crippen molar-refractivity contribution in [3.63, 3.8) is 0 Å². The average Bonchev–Trinajstić information content (AvgIpc) is 2.54. The molecule has 0 fully saturated rings. The van der Waals surface area contributed by atoms with Gasteiger partial charge in [-0.3, -0.25) is 9.59 Å². The van der Waals surface area contributed by atoms with Crippen LogP contribution in [0.1, 0.15) is 0 Å². The first-order valence-electron chi connectivity index (χ1n) is 6.69. The number of rotatable bonds is 3. The number of hydrogen-bond acceptors (Lipinski definition) is 4. The van der Waals surface area contributed by atoms with E-state index in [9.17, 15) is 9.59 Å². The van der Waals surface area contributed by atoms with Gasteiger partial charge in [-0.05, 0) is 24.3 Å². The summed E-state index contributed by atoms with van der Waals surface area (Å²) >= 11 is 0. The van der Waals surface area contributed by atoms with Gasteiger partial charge in [-0.15, -0.1) is 0 Å². The molecule has 2 amide bonds. The van der Waals surface area contributed by atoms with Crippen LogP contribution in [0.2, 0.25) is 0 Å². The molecule has 1 aliphatic heterocycles. The van der Waals surface area contributed by atoms with E-state index in [-0.39, 0.29) is 0 Å². The highest BCUT2D eigenvalue weighted by atomic mass is 16.5. The summed E-state index contributed by atoms with van der Waals surface area (Å²) in [6.07, 6.45) is -1.25. The molecule has 0 aromatic heterocycles. The smallest absolute Gasteiger partial charge is 0.275 e. The lowest BCUT2D eigenvalue weighted by molar-refractivity contribution is -0.133. The lowest BCUT2D eigenvalue weighted by Crippen LogP contribution is -2.45. The number of fused-ring (bicyclic) bond motifs is 1. The van der Waals surface area contributed by atoms with Crippen molar-refractivity contribution >= 4 is 23.2 Å². The highest BCUT2D eigenvalue weighted by Gasteiger charge is 2.34. The fourth-order valence-corrected chi connectivity index (χ4v) is 2.17. The molecule has 1 atom stereocenters. The molecule has 0 radical (unpaired) electrons. The summed E-state index contributed by atoms with van der Waals surface area (Å²) in [6, 6.07) is 13.9. The van der Waals surface area contributed by atoms with Crippen molar-refractivity contribution in [1.29, 1.82) is 0 Å². The molecular formula is C16H14N2O4. The van der Waals surface area contributed by atoms with Gasteiger partial charge in [0.15, 0.2) is 0 Å². The molecule has 0 spiro atoms. The summed E-state index contributed by atoms with van der Waals surface area (Å²) in [4.78, 5) is 24.3. The van der Waals surface area contributed by atoms with Gasteiger partial charge >= 0.3 is 0 Å². The maximum absolute atomic E-state index is 12.3. The van der Waals surface area contributed by atoms with Gasteiger partial charge in [0.1, 0.15) is 11.5 Å². The Morgan fingerprint density at radius 3 is 2.73 bits per heavy atom. The number of para-hydroxylation sites is 4. The topological polar surface area (TPSA) is 76.7 Å². The van der Waals surface area contributed by atoms with E-state index in [1.54, 1.807) is 48.5 Å². The third-order valence-electron chi connectivity index (χ3n) is 3.23. The fourth-order valence-electron chi connectivity index (χ4n) is 2.17. The molecule has 1 heterocycles. The Hall–Kier alpha value is -3.02. The van der Waals surface area contributed by atoms with E-state index in [0.717, 1.165) is 0 Å². The summed E-state index contributed by atoms with van der Waals surface area (Å²) in [5.74, 6) is -0.0997. The van der Waals surface area contributed by atoms with Crippen LogP contribution in [0.15, 0.2) is 48.5 Å². The lowest BCUT2D eigenvalue weighted by atomic mass is 10.2. The Labute approximate surface area is 127 Å². The summed E-state index contributed by atoms with van der Waals surface area (Å²) in [5, 5.41) is 5.29. The van der Waals surface area contributed by atoms with Crippen LogP contribution in [0.25, 0.3) is 0 Å². The van der Waals surface area contributed by atoms with Crippen molar-refractivity contribution in [2.45, 2.75) is 6.10 Å². The molecular weight excluding hydrogens is 284 g/mol. The van der Waals surface area contributed by atoms with Gasteiger partial charge in [0.25, 0.3) is 17.9 Å². The van der Waals surface area contributed by atoms with Gasteiger partial charge in [-0.1, -0.05) is 24.3 Å². The Kier molecular flexibility index (Phi) is 3.65. The fraction of sp³-hybridized carbons (Fsp3) is 0.125. The van der Waals surface area contributed by atoms with Crippen molar-refractivity contribution < 1.29 is 19.1 Å². The second kappa shape index (κ2) is 5.77. The van der Waals surface area contributed by atoms with E-state index in [1.807, 2.05) is 0 Å². The Bertz CT molecular complexity index is 730. The molecule has 3 rings (SSSR count). The van der Waals surface area contributed by atoms with E-state index in [0.29, 0.717) is 22.9 Å². The predicted octanol–water partition coefficient (Wildman–Crippen LogP) is 2.03. The number of methoxy groups -OCH3 is 1. The third kappa shape index (κ3) is 2.58. The number of nitrogens with one attached hydrogen (secondary N) is 2. The maximum Gasteiger partial charge on any atom is 0.275 e. The van der Waals surface area contributed by atoms with Crippen molar-refractivity contribution in [2.75, 3.05) is 17.7 Å². The van der Waals surface area contributed by atoms with Crippen LogP contribution in [0.3, 0.4) is 0 Å². The molecule has 6 nitrogen and oxygen atoms in total. The molecule has 1 unspecified atom stereocenters. The molecule has 0 saturated heterocycles. The summed E-state index contributed by atoms with van der Waals surface area (Å²) in [5.41, 5.74) is 1.03. The Balaban J connectivity index is 1.80. The number of hydrogen-bond donors (Lipinski definition) is 2. The normalized spacial score (nSPS) is 16.0. The zero-order valence-electron chi connectivity index (χ0n) is 11.8. The van der Waals surface area contributed by atoms with E-state index < -0.39 is 17.9 Å². The SMILES string of the molecule is COc1ccccc1NC(=O)C1Oc2ccccc2NC1=O. The first-order chi connectivity index (χ1) is 10.7. The average molecular weight is 298 g/mol. The molecule has 0 bridgehead atoms. The molecule has 6 heteroatoms. The minimum absolute atomic E-state index is 0.460. The minimum atomic E-state index is -1.25. The molecule has 2 aromatic carbocycles. The lowest BCUT2D eigenvalue weighted by Gasteiger charge is -2.25. The number of carbonyl (C=O) groups is 2. The quantitative estimate of drug-likeness (QED) is 0.850. The van der Waals surface area contributed by atoms with Gasteiger partial charge < -0.3 is 20.1 Å². The third-order valence-corrected chi connectivity index (χ3v) is 3.23. The van der Waals surface area contributed by atoms with Crippen molar-refractivity contribution in [2.24, 2.45) is 0 Å². The number of carbonyl (C=O) groups excluding carboxylic acids is 2. The van der Waals surface area contributed by atoms with Gasteiger partial charge in [0.2, 0.25) is 0 Å². The minimum Gasteiger partial charge on any atom is -0.495 e. The van der Waals surface area contributed by atoms with Crippen LogP contribution >= 0.6 is 0 Å². The van der Waals surface area contributed by atoms with Gasteiger partial charge in [-0.2, -0.15) is 0 Å². The molecule has 2 N–H and O–H groups in total. The van der Waals surface area contributed by atoms with Gasteiger partial charge in [-0.25, -0.2) is 0 Å². The monoisotopic (exact) mass is 298 g/mol. The Morgan fingerprint density at radius 1 is 1.18 bits per heavy atom.